The van der Waals surface area contributed by atoms with Crippen molar-refractivity contribution in [3.63, 3.8) is 0 Å². The maximum Gasteiger partial charge on any atom is 0.414 e. The van der Waals surface area contributed by atoms with Gasteiger partial charge in [-0.05, 0) is 13.3 Å². The second kappa shape index (κ2) is 9.65. The number of benzene rings is 1. The van der Waals surface area contributed by atoms with Gasteiger partial charge in [0.05, 0.1) is 25.4 Å². The monoisotopic (exact) mass is 476 g/mol. The largest absolute Gasteiger partial charge is 0.444 e. The van der Waals surface area contributed by atoms with Crippen molar-refractivity contribution in [2.45, 2.75) is 25.9 Å². The van der Waals surface area contributed by atoms with Crippen LogP contribution >= 0.6 is 0 Å². The SMILES string of the molecule is CC(=O)CC[C@H]1CN(c2cc(F)c(N3CCON(S(=O)(=O)N(C)C)CC3)c(F)c2)C(=O)O1. The highest BCUT2D eigenvalue weighted by Gasteiger charge is 2.34. The molecule has 0 unspecified atom stereocenters. The molecular formula is C19H26F2N4O6S. The third-order valence-electron chi connectivity index (χ3n) is 5.19. The highest BCUT2D eigenvalue weighted by atomic mass is 32.2. The molecule has 2 heterocycles. The van der Waals surface area contributed by atoms with Crippen molar-refractivity contribution in [3.05, 3.63) is 23.8 Å². The first kappa shape index (κ1) is 24.3. The van der Waals surface area contributed by atoms with E-state index >= 15 is 0 Å². The zero-order chi connectivity index (χ0) is 23.6. The Balaban J connectivity index is 1.75. The zero-order valence-electron chi connectivity index (χ0n) is 18.1. The van der Waals surface area contributed by atoms with Crippen molar-refractivity contribution in [1.29, 1.82) is 0 Å². The molecule has 178 valence electrons. The molecule has 2 saturated heterocycles. The molecule has 1 aromatic rings. The number of ketones is 1. The van der Waals surface area contributed by atoms with Gasteiger partial charge in [0.15, 0.2) is 11.6 Å². The number of cyclic esters (lactones) is 1. The average Bonchev–Trinajstić information content (AvgIpc) is 2.90. The number of rotatable bonds is 7. The summed E-state index contributed by atoms with van der Waals surface area (Å²) in [4.78, 5) is 31.0. The van der Waals surface area contributed by atoms with Gasteiger partial charge in [0.1, 0.15) is 17.6 Å². The molecule has 32 heavy (non-hydrogen) atoms. The quantitative estimate of drug-likeness (QED) is 0.588. The van der Waals surface area contributed by atoms with Crippen molar-refractivity contribution in [2.24, 2.45) is 0 Å². The molecule has 10 nitrogen and oxygen atoms in total. The fourth-order valence-electron chi connectivity index (χ4n) is 3.48. The maximum atomic E-state index is 14.9. The molecule has 0 spiro atoms. The fraction of sp³-hybridized carbons (Fsp3) is 0.579. The molecule has 2 aliphatic rings. The molecule has 2 fully saturated rings. The molecule has 1 aromatic carbocycles. The number of Topliss-reactive ketones (excluding diaryl/α,β-unsaturated/α-hetero) is 1. The van der Waals surface area contributed by atoms with Gasteiger partial charge < -0.3 is 14.4 Å². The van der Waals surface area contributed by atoms with Crippen LogP contribution in [0.4, 0.5) is 25.0 Å². The zero-order valence-corrected chi connectivity index (χ0v) is 18.9. The Kier molecular flexibility index (Phi) is 7.32. The van der Waals surface area contributed by atoms with E-state index in [2.05, 4.69) is 0 Å². The van der Waals surface area contributed by atoms with Crippen LogP contribution < -0.4 is 9.80 Å². The van der Waals surface area contributed by atoms with Crippen LogP contribution in [-0.4, -0.2) is 82.1 Å². The predicted molar refractivity (Wildman–Crippen MR) is 111 cm³/mol. The maximum absolute atomic E-state index is 14.9. The minimum Gasteiger partial charge on any atom is -0.444 e. The summed E-state index contributed by atoms with van der Waals surface area (Å²) < 4.78 is 61.3. The van der Waals surface area contributed by atoms with E-state index in [4.69, 9.17) is 9.57 Å². The van der Waals surface area contributed by atoms with Crippen LogP contribution in [0.3, 0.4) is 0 Å². The Morgan fingerprint density at radius 1 is 1.19 bits per heavy atom. The van der Waals surface area contributed by atoms with Crippen molar-refractivity contribution in [3.8, 4) is 0 Å². The van der Waals surface area contributed by atoms with E-state index < -0.39 is 34.0 Å². The van der Waals surface area contributed by atoms with Crippen molar-refractivity contribution >= 4 is 33.5 Å². The van der Waals surface area contributed by atoms with E-state index in [0.717, 1.165) is 25.8 Å². The predicted octanol–water partition coefficient (Wildman–Crippen LogP) is 1.52. The average molecular weight is 477 g/mol. The normalized spacial score (nSPS) is 20.6. The smallest absolute Gasteiger partial charge is 0.414 e. The van der Waals surface area contributed by atoms with Crippen LogP contribution in [0.25, 0.3) is 0 Å². The minimum atomic E-state index is -3.84. The number of amides is 1. The second-order valence-electron chi connectivity index (χ2n) is 7.75. The molecule has 0 saturated carbocycles. The molecule has 2 aliphatic heterocycles. The molecule has 13 heteroatoms. The van der Waals surface area contributed by atoms with E-state index in [1.165, 1.54) is 25.9 Å². The van der Waals surface area contributed by atoms with Gasteiger partial charge in [-0.15, -0.1) is 0 Å². The molecule has 0 aliphatic carbocycles. The number of hydroxylamine groups is 1. The lowest BCUT2D eigenvalue weighted by atomic mass is 10.1. The molecular weight excluding hydrogens is 450 g/mol. The summed E-state index contributed by atoms with van der Waals surface area (Å²) in [7, 11) is -1.13. The number of ether oxygens (including phenoxy) is 1. The third-order valence-corrected chi connectivity index (χ3v) is 6.92. The molecule has 0 aromatic heterocycles. The standard InChI is InChI=1S/C19H26F2N4O6S/c1-13(26)4-5-15-12-24(19(27)31-15)14-10-16(20)18(17(21)11-14)23-6-7-25(30-9-8-23)32(28,29)22(2)3/h10-11,15H,4-9,12H2,1-3H3/t15-/m0/s1. The van der Waals surface area contributed by atoms with Gasteiger partial charge in [-0.1, -0.05) is 4.47 Å². The summed E-state index contributed by atoms with van der Waals surface area (Å²) in [5.74, 6) is -1.84. The fourth-order valence-corrected chi connectivity index (χ4v) is 4.36. The summed E-state index contributed by atoms with van der Waals surface area (Å²) in [6, 6.07) is 2.07. The number of hydrogen-bond donors (Lipinski definition) is 0. The minimum absolute atomic E-state index is 0.000860. The topological polar surface area (TPSA) is 99.7 Å². The van der Waals surface area contributed by atoms with Crippen LogP contribution in [0, 0.1) is 11.6 Å². The van der Waals surface area contributed by atoms with Gasteiger partial charge in [0.25, 0.3) is 0 Å². The van der Waals surface area contributed by atoms with E-state index in [-0.39, 0.29) is 56.4 Å². The highest BCUT2D eigenvalue weighted by Crippen LogP contribution is 2.32. The Morgan fingerprint density at radius 2 is 1.84 bits per heavy atom. The number of anilines is 2. The molecule has 0 radical (unpaired) electrons. The Bertz CT molecular complexity index is 967. The first-order chi connectivity index (χ1) is 15.0. The number of hydrogen-bond acceptors (Lipinski definition) is 7. The van der Waals surface area contributed by atoms with Gasteiger partial charge in [-0.2, -0.15) is 12.7 Å². The second-order valence-corrected chi connectivity index (χ2v) is 9.79. The number of carbonyl (C=O) groups excluding carboxylic acids is 2. The summed E-state index contributed by atoms with van der Waals surface area (Å²) in [5, 5.41) is 0. The highest BCUT2D eigenvalue weighted by molar-refractivity contribution is 7.86. The molecule has 0 N–H and O–H groups in total. The van der Waals surface area contributed by atoms with Crippen molar-refractivity contribution < 1.29 is 36.4 Å². The van der Waals surface area contributed by atoms with Crippen molar-refractivity contribution in [1.82, 2.24) is 8.77 Å². The van der Waals surface area contributed by atoms with Gasteiger partial charge in [0.2, 0.25) is 0 Å². The Labute approximate surface area is 185 Å². The summed E-state index contributed by atoms with van der Waals surface area (Å²) in [5.41, 5.74) is -0.330. The van der Waals surface area contributed by atoms with Crippen LogP contribution in [-0.2, 0) is 24.6 Å². The van der Waals surface area contributed by atoms with Crippen LogP contribution in [0.1, 0.15) is 19.8 Å². The third kappa shape index (κ3) is 5.17. The number of halogens is 2. The van der Waals surface area contributed by atoms with Crippen LogP contribution in [0.5, 0.6) is 0 Å². The Hall–Kier alpha value is -2.35. The number of nitrogens with zero attached hydrogens (tertiary/aromatic N) is 4. The molecule has 3 rings (SSSR count). The molecule has 1 atom stereocenters. The lowest BCUT2D eigenvalue weighted by Gasteiger charge is -2.25. The van der Waals surface area contributed by atoms with Gasteiger partial charge in [-0.3, -0.25) is 9.74 Å². The van der Waals surface area contributed by atoms with E-state index in [0.29, 0.717) is 6.42 Å². The van der Waals surface area contributed by atoms with Crippen LogP contribution in [0.2, 0.25) is 0 Å². The van der Waals surface area contributed by atoms with Gasteiger partial charge >= 0.3 is 16.3 Å². The lowest BCUT2D eigenvalue weighted by molar-refractivity contribution is -0.117. The Morgan fingerprint density at radius 3 is 2.44 bits per heavy atom. The lowest BCUT2D eigenvalue weighted by Crippen LogP contribution is -2.41. The van der Waals surface area contributed by atoms with E-state index in [9.17, 15) is 26.8 Å². The van der Waals surface area contributed by atoms with Crippen molar-refractivity contribution in [2.75, 3.05) is 56.7 Å². The summed E-state index contributed by atoms with van der Waals surface area (Å²) in [6.07, 6.45) is -0.700. The molecule has 0 bridgehead atoms. The van der Waals surface area contributed by atoms with E-state index in [1.54, 1.807) is 0 Å². The first-order valence-electron chi connectivity index (χ1n) is 10.1. The summed E-state index contributed by atoms with van der Waals surface area (Å²) >= 11 is 0. The van der Waals surface area contributed by atoms with Gasteiger partial charge in [0, 0.05) is 45.7 Å². The van der Waals surface area contributed by atoms with E-state index in [1.807, 2.05) is 0 Å². The van der Waals surface area contributed by atoms with Crippen LogP contribution in [0.15, 0.2) is 12.1 Å². The number of carbonyl (C=O) groups is 2. The molecule has 1 amide bonds. The first-order valence-corrected chi connectivity index (χ1v) is 11.4. The van der Waals surface area contributed by atoms with Gasteiger partial charge in [-0.25, -0.2) is 13.6 Å². The summed E-state index contributed by atoms with van der Waals surface area (Å²) in [6.45, 7) is 1.35.